The van der Waals surface area contributed by atoms with E-state index >= 15 is 0 Å². The third-order valence-electron chi connectivity index (χ3n) is 4.37. The highest BCUT2D eigenvalue weighted by Gasteiger charge is 2.36. The lowest BCUT2D eigenvalue weighted by Gasteiger charge is -2.27. The molecule has 1 aliphatic heterocycles. The number of carbonyl (C=O) groups is 1. The molecule has 3 rings (SSSR count). The van der Waals surface area contributed by atoms with E-state index in [0.29, 0.717) is 0 Å². The first-order valence-corrected chi connectivity index (χ1v) is 9.00. The van der Waals surface area contributed by atoms with E-state index in [1.54, 1.807) is 11.3 Å². The van der Waals surface area contributed by atoms with Crippen molar-refractivity contribution in [2.45, 2.75) is 38.8 Å². The van der Waals surface area contributed by atoms with Gasteiger partial charge in [0.25, 0.3) is 0 Å². The second-order valence-electron chi connectivity index (χ2n) is 6.42. The summed E-state index contributed by atoms with van der Waals surface area (Å²) in [6, 6.07) is 10.3. The Bertz CT molecular complexity index is 668. The molecule has 1 aromatic heterocycles. The van der Waals surface area contributed by atoms with Crippen LogP contribution in [0.15, 0.2) is 35.7 Å². The number of nitrogens with two attached hydrogens (primary N) is 1. The first-order chi connectivity index (χ1) is 11.1. The van der Waals surface area contributed by atoms with Gasteiger partial charge in [0.05, 0.1) is 11.7 Å². The van der Waals surface area contributed by atoms with Gasteiger partial charge in [-0.3, -0.25) is 4.79 Å². The summed E-state index contributed by atoms with van der Waals surface area (Å²) in [6.07, 6.45) is 1.61. The molecule has 0 saturated carbocycles. The average Bonchev–Trinajstić information content (AvgIpc) is 3.16. The summed E-state index contributed by atoms with van der Waals surface area (Å²) in [7, 11) is 0. The lowest BCUT2D eigenvalue weighted by Crippen LogP contribution is -2.45. The van der Waals surface area contributed by atoms with Crippen molar-refractivity contribution in [1.82, 2.24) is 9.88 Å². The lowest BCUT2D eigenvalue weighted by molar-refractivity contribution is -0.135. The number of hydrogen-bond acceptors (Lipinski definition) is 4. The van der Waals surface area contributed by atoms with Crippen LogP contribution in [0.4, 0.5) is 0 Å². The number of thiazole rings is 1. The number of aromatic nitrogens is 1. The predicted octanol–water partition coefficient (Wildman–Crippen LogP) is 2.94. The number of rotatable bonds is 4. The largest absolute Gasteiger partial charge is 0.337 e. The summed E-state index contributed by atoms with van der Waals surface area (Å²) in [5, 5.41) is 3.11. The van der Waals surface area contributed by atoms with E-state index in [1.807, 2.05) is 36.9 Å². The van der Waals surface area contributed by atoms with Gasteiger partial charge in [0, 0.05) is 35.9 Å². The number of nitrogens with zero attached hydrogens (tertiary/aromatic N) is 2. The van der Waals surface area contributed by atoms with Crippen LogP contribution >= 0.6 is 11.3 Å². The van der Waals surface area contributed by atoms with Crippen LogP contribution in [0, 0.1) is 5.92 Å². The molecule has 122 valence electrons. The van der Waals surface area contributed by atoms with Crippen LogP contribution in [0.3, 0.4) is 0 Å². The Labute approximate surface area is 141 Å². The van der Waals surface area contributed by atoms with Gasteiger partial charge >= 0.3 is 0 Å². The van der Waals surface area contributed by atoms with Crippen LogP contribution in [0.25, 0.3) is 10.6 Å². The predicted molar refractivity (Wildman–Crippen MR) is 94.2 cm³/mol. The van der Waals surface area contributed by atoms with Gasteiger partial charge in [-0.2, -0.15) is 0 Å². The Hall–Kier alpha value is -1.72. The van der Waals surface area contributed by atoms with Gasteiger partial charge in [0.1, 0.15) is 5.01 Å². The summed E-state index contributed by atoms with van der Waals surface area (Å²) in [4.78, 5) is 19.1. The summed E-state index contributed by atoms with van der Waals surface area (Å²) in [6.45, 7) is 4.65. The summed E-state index contributed by atoms with van der Waals surface area (Å²) >= 11 is 1.65. The fourth-order valence-corrected chi connectivity index (χ4v) is 3.91. The van der Waals surface area contributed by atoms with Gasteiger partial charge in [-0.25, -0.2) is 4.98 Å². The molecule has 2 aromatic rings. The van der Waals surface area contributed by atoms with Crippen LogP contribution in [0.5, 0.6) is 0 Å². The third kappa shape index (κ3) is 3.46. The first-order valence-electron chi connectivity index (χ1n) is 8.12. The molecule has 5 heteroatoms. The molecule has 2 N–H and O–H groups in total. The van der Waals surface area contributed by atoms with Gasteiger partial charge in [-0.1, -0.05) is 44.2 Å². The first kappa shape index (κ1) is 16.1. The fraction of sp³-hybridized carbons (Fsp3) is 0.444. The topological polar surface area (TPSA) is 59.2 Å². The SMILES string of the molecule is CC(C)C(=O)N1CCC(N)C1Cc1csc(-c2ccccc2)n1. The Morgan fingerprint density at radius 1 is 1.39 bits per heavy atom. The van der Waals surface area contributed by atoms with Gasteiger partial charge < -0.3 is 10.6 Å². The standard InChI is InChI=1S/C18H23N3OS/c1-12(2)18(22)21-9-8-15(19)16(21)10-14-11-23-17(20-14)13-6-4-3-5-7-13/h3-7,11-12,15-16H,8-10,19H2,1-2H3. The molecule has 2 unspecified atom stereocenters. The molecule has 0 spiro atoms. The van der Waals surface area contributed by atoms with Crippen LogP contribution in [0.1, 0.15) is 26.0 Å². The minimum absolute atomic E-state index is 0.0121. The number of carbonyl (C=O) groups excluding carboxylic acids is 1. The molecular formula is C18H23N3OS. The normalized spacial score (nSPS) is 21.1. The van der Waals surface area contributed by atoms with E-state index in [9.17, 15) is 4.79 Å². The zero-order valence-corrected chi connectivity index (χ0v) is 14.4. The van der Waals surface area contributed by atoms with Crippen LogP contribution < -0.4 is 5.73 Å². The van der Waals surface area contributed by atoms with Crippen LogP contribution in [-0.4, -0.2) is 34.4 Å². The summed E-state index contributed by atoms with van der Waals surface area (Å²) in [5.74, 6) is 0.208. The van der Waals surface area contributed by atoms with Crippen molar-refractivity contribution in [1.29, 1.82) is 0 Å². The van der Waals surface area contributed by atoms with Gasteiger partial charge in [-0.15, -0.1) is 11.3 Å². The van der Waals surface area contributed by atoms with E-state index < -0.39 is 0 Å². The highest BCUT2D eigenvalue weighted by molar-refractivity contribution is 7.13. The van der Waals surface area contributed by atoms with Crippen molar-refractivity contribution in [3.63, 3.8) is 0 Å². The molecule has 0 radical (unpaired) electrons. The minimum atomic E-state index is 0.0121. The van der Waals surface area contributed by atoms with Gasteiger partial charge in [0.2, 0.25) is 5.91 Å². The molecule has 1 amide bonds. The molecule has 1 aromatic carbocycles. The van der Waals surface area contributed by atoms with Crippen molar-refractivity contribution >= 4 is 17.2 Å². The Balaban J connectivity index is 1.75. The number of hydrogen-bond donors (Lipinski definition) is 1. The van der Waals surface area contributed by atoms with Crippen LogP contribution in [0.2, 0.25) is 0 Å². The summed E-state index contributed by atoms with van der Waals surface area (Å²) in [5.41, 5.74) is 8.41. The van der Waals surface area contributed by atoms with Crippen molar-refractivity contribution in [2.24, 2.45) is 11.7 Å². The van der Waals surface area contributed by atoms with Crippen molar-refractivity contribution in [2.75, 3.05) is 6.54 Å². The Morgan fingerprint density at radius 3 is 2.83 bits per heavy atom. The lowest BCUT2D eigenvalue weighted by atomic mass is 10.0. The molecule has 1 aliphatic rings. The Morgan fingerprint density at radius 2 is 2.13 bits per heavy atom. The average molecular weight is 329 g/mol. The van der Waals surface area contributed by atoms with Crippen LogP contribution in [-0.2, 0) is 11.2 Å². The maximum Gasteiger partial charge on any atom is 0.225 e. The second kappa shape index (κ2) is 6.81. The monoisotopic (exact) mass is 329 g/mol. The maximum atomic E-state index is 12.4. The number of benzene rings is 1. The van der Waals surface area contributed by atoms with E-state index in [4.69, 9.17) is 10.7 Å². The number of likely N-dealkylation sites (tertiary alicyclic amines) is 1. The maximum absolute atomic E-state index is 12.4. The van der Waals surface area contributed by atoms with Crippen molar-refractivity contribution < 1.29 is 4.79 Å². The van der Waals surface area contributed by atoms with E-state index in [0.717, 1.165) is 35.7 Å². The van der Waals surface area contributed by atoms with Crippen molar-refractivity contribution in [3.8, 4) is 10.6 Å². The van der Waals surface area contributed by atoms with E-state index in [2.05, 4.69) is 17.5 Å². The summed E-state index contributed by atoms with van der Waals surface area (Å²) < 4.78 is 0. The highest BCUT2D eigenvalue weighted by atomic mass is 32.1. The van der Waals surface area contributed by atoms with Gasteiger partial charge in [0.15, 0.2) is 0 Å². The zero-order valence-electron chi connectivity index (χ0n) is 13.6. The molecule has 1 fully saturated rings. The molecular weight excluding hydrogens is 306 g/mol. The highest BCUT2D eigenvalue weighted by Crippen LogP contribution is 2.27. The minimum Gasteiger partial charge on any atom is -0.337 e. The molecule has 4 nitrogen and oxygen atoms in total. The van der Waals surface area contributed by atoms with E-state index in [1.165, 1.54) is 0 Å². The fourth-order valence-electron chi connectivity index (χ4n) is 3.07. The molecule has 2 atom stereocenters. The molecule has 23 heavy (non-hydrogen) atoms. The molecule has 0 bridgehead atoms. The smallest absolute Gasteiger partial charge is 0.225 e. The number of amides is 1. The quantitative estimate of drug-likeness (QED) is 0.938. The molecule has 2 heterocycles. The molecule has 0 aliphatic carbocycles. The second-order valence-corrected chi connectivity index (χ2v) is 7.28. The van der Waals surface area contributed by atoms with Gasteiger partial charge in [-0.05, 0) is 6.42 Å². The van der Waals surface area contributed by atoms with E-state index in [-0.39, 0.29) is 23.9 Å². The Kier molecular flexibility index (Phi) is 4.78. The third-order valence-corrected chi connectivity index (χ3v) is 5.31. The van der Waals surface area contributed by atoms with Crippen molar-refractivity contribution in [3.05, 3.63) is 41.4 Å². The zero-order chi connectivity index (χ0) is 16.4. The molecule has 1 saturated heterocycles.